The zero-order valence-electron chi connectivity index (χ0n) is 21.3. The maximum absolute atomic E-state index is 12.9. The van der Waals surface area contributed by atoms with Gasteiger partial charge in [0.05, 0.1) is 12.3 Å². The Balaban J connectivity index is 1.22. The lowest BCUT2D eigenvalue weighted by atomic mass is 9.99. The zero-order chi connectivity index (χ0) is 26.6. The van der Waals surface area contributed by atoms with Crippen LogP contribution in [0.1, 0.15) is 37.7 Å². The average Bonchev–Trinajstić information content (AvgIpc) is 3.35. The second-order valence-corrected chi connectivity index (χ2v) is 9.65. The Morgan fingerprint density at radius 1 is 0.974 bits per heavy atom. The van der Waals surface area contributed by atoms with Crippen LogP contribution in [0.4, 0.5) is 0 Å². The van der Waals surface area contributed by atoms with E-state index in [4.69, 9.17) is 5.73 Å². The highest BCUT2D eigenvalue weighted by molar-refractivity contribution is 5.95. The van der Waals surface area contributed by atoms with Crippen LogP contribution in [0.15, 0.2) is 78.9 Å². The summed E-state index contributed by atoms with van der Waals surface area (Å²) in [4.78, 5) is 26.1. The molecule has 2 amide bonds. The van der Waals surface area contributed by atoms with E-state index >= 15 is 0 Å². The van der Waals surface area contributed by atoms with Crippen LogP contribution >= 0.6 is 0 Å². The molecule has 3 aromatic carbocycles. The number of rotatable bonds is 7. The number of primary amides is 1. The van der Waals surface area contributed by atoms with Crippen molar-refractivity contribution in [2.24, 2.45) is 5.73 Å². The van der Waals surface area contributed by atoms with Gasteiger partial charge in [-0.05, 0) is 65.9 Å². The first kappa shape index (κ1) is 25.4. The van der Waals surface area contributed by atoms with Gasteiger partial charge in [0, 0.05) is 36.9 Å². The molecule has 4 aromatic rings. The fourth-order valence-corrected chi connectivity index (χ4v) is 4.78. The average molecular weight is 510 g/mol. The number of nitrogens with one attached hydrogen (secondary N) is 1. The largest absolute Gasteiger partial charge is 0.395 e. The van der Waals surface area contributed by atoms with Crippen molar-refractivity contribution >= 4 is 11.8 Å². The van der Waals surface area contributed by atoms with Gasteiger partial charge in [0.1, 0.15) is 0 Å². The van der Waals surface area contributed by atoms with E-state index in [1.165, 1.54) is 11.1 Å². The number of aryl methyl sites for hydroxylation is 1. The zero-order valence-corrected chi connectivity index (χ0v) is 21.3. The summed E-state index contributed by atoms with van der Waals surface area (Å²) in [5.74, 6) is -0.544. The van der Waals surface area contributed by atoms with Crippen LogP contribution in [0.5, 0.6) is 0 Å². The van der Waals surface area contributed by atoms with Gasteiger partial charge in [-0.15, -0.1) is 0 Å². The first-order valence-corrected chi connectivity index (χ1v) is 12.7. The lowest BCUT2D eigenvalue weighted by Gasteiger charge is -2.32. The minimum atomic E-state index is -0.538. The molecular weight excluding hydrogens is 478 g/mol. The van der Waals surface area contributed by atoms with Crippen molar-refractivity contribution in [3.63, 3.8) is 0 Å². The number of benzene rings is 3. The van der Waals surface area contributed by atoms with Gasteiger partial charge in [0.25, 0.3) is 11.8 Å². The second-order valence-electron chi connectivity index (χ2n) is 9.65. The molecule has 0 spiro atoms. The Bertz CT molecular complexity index is 1430. The molecule has 1 atom stereocenters. The quantitative estimate of drug-likeness (QED) is 0.355. The third-order valence-corrected chi connectivity index (χ3v) is 6.91. The predicted molar refractivity (Wildman–Crippen MR) is 146 cm³/mol. The Kier molecular flexibility index (Phi) is 7.35. The number of nitrogens with two attached hydrogens (primary N) is 1. The minimum Gasteiger partial charge on any atom is -0.395 e. The Morgan fingerprint density at radius 3 is 2.16 bits per heavy atom. The first-order valence-electron chi connectivity index (χ1n) is 12.7. The second kappa shape index (κ2) is 11.0. The summed E-state index contributed by atoms with van der Waals surface area (Å²) in [6.07, 6.45) is 0.790. The van der Waals surface area contributed by atoms with Crippen LogP contribution in [0.3, 0.4) is 0 Å². The number of nitrogens with zero attached hydrogens (tertiary/aromatic N) is 3. The third-order valence-electron chi connectivity index (χ3n) is 6.91. The summed E-state index contributed by atoms with van der Waals surface area (Å²) in [7, 11) is 0. The standard InChI is InChI=1S/C30H31N5O3/c1-20-16-28(29(31)37)33-35(20)27-12-4-22(5-13-27)17-21-2-6-23(7-3-21)24-8-10-25(11-9-24)30(38)34-15-14-32-26(18-34)19-36/h2-13,16,26,32,36H,14-15,17-19H2,1H3,(H2,31,37)/t26-/m1/s1. The highest BCUT2D eigenvalue weighted by Gasteiger charge is 2.23. The summed E-state index contributed by atoms with van der Waals surface area (Å²) >= 11 is 0. The summed E-state index contributed by atoms with van der Waals surface area (Å²) in [6.45, 7) is 3.75. The van der Waals surface area contributed by atoms with E-state index in [-0.39, 0.29) is 24.2 Å². The van der Waals surface area contributed by atoms with Gasteiger partial charge in [-0.3, -0.25) is 9.59 Å². The molecule has 194 valence electrons. The Morgan fingerprint density at radius 2 is 1.58 bits per heavy atom. The highest BCUT2D eigenvalue weighted by atomic mass is 16.3. The molecule has 1 saturated heterocycles. The molecule has 8 heteroatoms. The maximum atomic E-state index is 12.9. The number of hydrogen-bond donors (Lipinski definition) is 3. The smallest absolute Gasteiger partial charge is 0.269 e. The van der Waals surface area contributed by atoms with Crippen molar-refractivity contribution in [2.75, 3.05) is 26.2 Å². The van der Waals surface area contributed by atoms with Crippen LogP contribution in [-0.4, -0.2) is 63.9 Å². The predicted octanol–water partition coefficient (Wildman–Crippen LogP) is 2.94. The van der Waals surface area contributed by atoms with E-state index < -0.39 is 5.91 Å². The third kappa shape index (κ3) is 5.51. The molecular formula is C30H31N5O3. The number of amides is 2. The molecule has 1 aromatic heterocycles. The van der Waals surface area contributed by atoms with Crippen molar-refractivity contribution < 1.29 is 14.7 Å². The molecule has 1 aliphatic heterocycles. The molecule has 5 rings (SSSR count). The van der Waals surface area contributed by atoms with Crippen LogP contribution < -0.4 is 11.1 Å². The molecule has 0 saturated carbocycles. The normalized spacial score (nSPS) is 15.4. The Labute approximate surface area is 221 Å². The molecule has 8 nitrogen and oxygen atoms in total. The van der Waals surface area contributed by atoms with E-state index in [0.717, 1.165) is 28.9 Å². The van der Waals surface area contributed by atoms with Crippen molar-refractivity contribution in [1.29, 1.82) is 0 Å². The summed E-state index contributed by atoms with van der Waals surface area (Å²) in [6, 6.07) is 25.9. The number of aliphatic hydroxyl groups is 1. The van der Waals surface area contributed by atoms with Crippen LogP contribution in [-0.2, 0) is 6.42 Å². The number of hydrogen-bond acceptors (Lipinski definition) is 5. The van der Waals surface area contributed by atoms with Crippen molar-refractivity contribution in [1.82, 2.24) is 20.0 Å². The molecule has 2 heterocycles. The van der Waals surface area contributed by atoms with E-state index in [9.17, 15) is 14.7 Å². The van der Waals surface area contributed by atoms with E-state index in [2.05, 4.69) is 46.8 Å². The maximum Gasteiger partial charge on any atom is 0.269 e. The minimum absolute atomic E-state index is 0.00565. The molecule has 0 unspecified atom stereocenters. The van der Waals surface area contributed by atoms with E-state index in [0.29, 0.717) is 25.2 Å². The summed E-state index contributed by atoms with van der Waals surface area (Å²) in [5.41, 5.74) is 12.5. The number of carbonyl (C=O) groups excluding carboxylic acids is 2. The van der Waals surface area contributed by atoms with Gasteiger partial charge in [-0.25, -0.2) is 4.68 Å². The van der Waals surface area contributed by atoms with Gasteiger partial charge in [-0.1, -0.05) is 48.5 Å². The number of aromatic nitrogens is 2. The highest BCUT2D eigenvalue weighted by Crippen LogP contribution is 2.23. The van der Waals surface area contributed by atoms with Crippen LogP contribution in [0.25, 0.3) is 16.8 Å². The summed E-state index contributed by atoms with van der Waals surface area (Å²) in [5, 5.41) is 16.9. The van der Waals surface area contributed by atoms with Gasteiger partial charge < -0.3 is 21.1 Å². The number of carbonyl (C=O) groups is 2. The molecule has 1 aliphatic rings. The number of piperazine rings is 1. The number of aliphatic hydroxyl groups excluding tert-OH is 1. The first-order chi connectivity index (χ1) is 18.4. The monoisotopic (exact) mass is 509 g/mol. The topological polar surface area (TPSA) is 113 Å². The molecule has 0 radical (unpaired) electrons. The molecule has 1 fully saturated rings. The lowest BCUT2D eigenvalue weighted by Crippen LogP contribution is -2.54. The van der Waals surface area contributed by atoms with Crippen LogP contribution in [0.2, 0.25) is 0 Å². The van der Waals surface area contributed by atoms with Gasteiger partial charge in [0.2, 0.25) is 0 Å². The molecule has 38 heavy (non-hydrogen) atoms. The van der Waals surface area contributed by atoms with E-state index in [1.807, 2.05) is 43.3 Å². The van der Waals surface area contributed by atoms with E-state index in [1.54, 1.807) is 15.6 Å². The van der Waals surface area contributed by atoms with Crippen molar-refractivity contribution in [2.45, 2.75) is 19.4 Å². The van der Waals surface area contributed by atoms with Crippen molar-refractivity contribution in [3.8, 4) is 16.8 Å². The Hall–Kier alpha value is -4.27. The molecule has 4 N–H and O–H groups in total. The van der Waals surface area contributed by atoms with Crippen LogP contribution in [0, 0.1) is 6.92 Å². The summed E-state index contributed by atoms with van der Waals surface area (Å²) < 4.78 is 1.72. The van der Waals surface area contributed by atoms with Gasteiger partial charge >= 0.3 is 0 Å². The molecule has 0 aliphatic carbocycles. The molecule has 0 bridgehead atoms. The lowest BCUT2D eigenvalue weighted by molar-refractivity contribution is 0.0671. The van der Waals surface area contributed by atoms with Gasteiger partial charge in [-0.2, -0.15) is 5.10 Å². The fraction of sp³-hybridized carbons (Fsp3) is 0.233. The van der Waals surface area contributed by atoms with Crippen molar-refractivity contribution in [3.05, 3.63) is 107 Å². The fourth-order valence-electron chi connectivity index (χ4n) is 4.78. The van der Waals surface area contributed by atoms with Gasteiger partial charge in [0.15, 0.2) is 5.69 Å². The SMILES string of the molecule is Cc1cc(C(N)=O)nn1-c1ccc(Cc2ccc(-c3ccc(C(=O)N4CCN[C@@H](CO)C4)cc3)cc2)cc1.